The van der Waals surface area contributed by atoms with Crippen LogP contribution >= 0.6 is 0 Å². The van der Waals surface area contributed by atoms with E-state index in [2.05, 4.69) is 69.4 Å². The largest absolute Gasteiger partial charge is 0.462 e. The molecule has 0 radical (unpaired) electrons. The van der Waals surface area contributed by atoms with E-state index in [1.807, 2.05) is 0 Å². The van der Waals surface area contributed by atoms with Gasteiger partial charge in [-0.05, 0) is 83.5 Å². The van der Waals surface area contributed by atoms with E-state index in [-0.39, 0.29) is 31.1 Å². The molecule has 0 amide bonds. The van der Waals surface area contributed by atoms with E-state index >= 15 is 0 Å². The lowest BCUT2D eigenvalue weighted by molar-refractivity contribution is -0.167. The van der Waals surface area contributed by atoms with Gasteiger partial charge in [-0.2, -0.15) is 0 Å². The van der Waals surface area contributed by atoms with Crippen LogP contribution in [-0.2, 0) is 28.6 Å². The fraction of sp³-hybridized carbons (Fsp3) is 0.828. The third-order valence-corrected chi connectivity index (χ3v) is 13.6. The van der Waals surface area contributed by atoms with Gasteiger partial charge >= 0.3 is 17.9 Å². The second kappa shape index (κ2) is 58.9. The first-order valence-electron chi connectivity index (χ1n) is 30.6. The highest BCUT2D eigenvalue weighted by molar-refractivity contribution is 5.71. The molecule has 0 saturated carbocycles. The van der Waals surface area contributed by atoms with Crippen LogP contribution in [0.3, 0.4) is 0 Å². The summed E-state index contributed by atoms with van der Waals surface area (Å²) in [4.78, 5) is 38.2. The third-order valence-electron chi connectivity index (χ3n) is 13.6. The summed E-state index contributed by atoms with van der Waals surface area (Å²) in [6.07, 6.45) is 72.5. The van der Waals surface area contributed by atoms with E-state index < -0.39 is 6.10 Å². The molecule has 0 aromatic heterocycles. The molecule has 1 atom stereocenters. The van der Waals surface area contributed by atoms with Crippen LogP contribution in [0.15, 0.2) is 48.6 Å². The Balaban J connectivity index is 4.30. The molecule has 6 nitrogen and oxygen atoms in total. The summed E-state index contributed by atoms with van der Waals surface area (Å²) >= 11 is 0. The smallest absolute Gasteiger partial charge is 0.306 e. The van der Waals surface area contributed by atoms with Gasteiger partial charge in [-0.15, -0.1) is 0 Å². The van der Waals surface area contributed by atoms with Crippen LogP contribution in [0.2, 0.25) is 0 Å². The van der Waals surface area contributed by atoms with Crippen molar-refractivity contribution in [3.8, 4) is 0 Å². The van der Waals surface area contributed by atoms with E-state index in [0.717, 1.165) is 89.9 Å². The molecule has 1 unspecified atom stereocenters. The van der Waals surface area contributed by atoms with Crippen LogP contribution in [0, 0.1) is 0 Å². The molecule has 0 aliphatic heterocycles. The minimum absolute atomic E-state index is 0.0760. The van der Waals surface area contributed by atoms with Crippen molar-refractivity contribution in [2.75, 3.05) is 13.2 Å². The Hall–Kier alpha value is -2.63. The Bertz CT molecular complexity index is 1220. The summed E-state index contributed by atoms with van der Waals surface area (Å²) in [5, 5.41) is 0. The molecule has 0 rings (SSSR count). The minimum atomic E-state index is -0.779. The molecule has 0 bridgehead atoms. The average Bonchev–Trinajstić information content (AvgIpc) is 3.36. The Morgan fingerprint density at radius 3 is 0.814 bits per heavy atom. The number of ether oxygens (including phenoxy) is 3. The lowest BCUT2D eigenvalue weighted by Crippen LogP contribution is -2.30. The van der Waals surface area contributed by atoms with Gasteiger partial charge in [0.2, 0.25) is 0 Å². The van der Waals surface area contributed by atoms with Crippen molar-refractivity contribution in [1.82, 2.24) is 0 Å². The van der Waals surface area contributed by atoms with Crippen LogP contribution in [0.5, 0.6) is 0 Å². The zero-order chi connectivity index (χ0) is 50.7. The predicted molar refractivity (Wildman–Crippen MR) is 302 cm³/mol. The van der Waals surface area contributed by atoms with Gasteiger partial charge in [0.15, 0.2) is 6.10 Å². The number of rotatable bonds is 56. The maximum absolute atomic E-state index is 12.9. The minimum Gasteiger partial charge on any atom is -0.462 e. The molecule has 0 fully saturated rings. The lowest BCUT2D eigenvalue weighted by atomic mass is 10.0. The van der Waals surface area contributed by atoms with Crippen LogP contribution in [0.1, 0.15) is 323 Å². The molecule has 0 heterocycles. The fourth-order valence-corrected chi connectivity index (χ4v) is 8.92. The van der Waals surface area contributed by atoms with Gasteiger partial charge in [-0.1, -0.05) is 268 Å². The van der Waals surface area contributed by atoms with Gasteiger partial charge in [-0.3, -0.25) is 14.4 Å². The predicted octanol–water partition coefficient (Wildman–Crippen LogP) is 20.6. The third kappa shape index (κ3) is 56.3. The Morgan fingerprint density at radius 1 is 0.286 bits per heavy atom. The normalized spacial score (nSPS) is 12.3. The SMILES string of the molecule is CCCCC/C=C\C/C=C\CCCCCCCC(=O)OC(COC(=O)CCCCCCCCCCCCC/C=C\C/C=C\CCCCCCC)COC(=O)CCCCCCCCCCCCCCCC. The highest BCUT2D eigenvalue weighted by Gasteiger charge is 2.19. The molecular formula is C64H116O6. The summed E-state index contributed by atoms with van der Waals surface area (Å²) in [5.41, 5.74) is 0. The number of hydrogen-bond donors (Lipinski definition) is 0. The van der Waals surface area contributed by atoms with Gasteiger partial charge < -0.3 is 14.2 Å². The van der Waals surface area contributed by atoms with E-state index in [1.54, 1.807) is 0 Å². The second-order valence-electron chi connectivity index (χ2n) is 20.6. The number of esters is 3. The number of allylic oxidation sites excluding steroid dienone is 8. The molecule has 0 aliphatic carbocycles. The summed E-state index contributed by atoms with van der Waals surface area (Å²) in [5.74, 6) is -0.875. The van der Waals surface area contributed by atoms with Crippen molar-refractivity contribution >= 4 is 17.9 Å². The van der Waals surface area contributed by atoms with Crippen molar-refractivity contribution in [2.24, 2.45) is 0 Å². The van der Waals surface area contributed by atoms with Crippen LogP contribution in [-0.4, -0.2) is 37.2 Å². The maximum Gasteiger partial charge on any atom is 0.306 e. The van der Waals surface area contributed by atoms with Gasteiger partial charge in [0.05, 0.1) is 0 Å². The molecule has 0 N–H and O–H groups in total. The van der Waals surface area contributed by atoms with E-state index in [4.69, 9.17) is 14.2 Å². The first kappa shape index (κ1) is 67.4. The fourth-order valence-electron chi connectivity index (χ4n) is 8.92. The van der Waals surface area contributed by atoms with E-state index in [9.17, 15) is 14.4 Å². The summed E-state index contributed by atoms with van der Waals surface area (Å²) in [7, 11) is 0. The van der Waals surface area contributed by atoms with Crippen molar-refractivity contribution in [3.63, 3.8) is 0 Å². The van der Waals surface area contributed by atoms with Crippen LogP contribution in [0.4, 0.5) is 0 Å². The first-order valence-corrected chi connectivity index (χ1v) is 30.6. The Kier molecular flexibility index (Phi) is 56.7. The summed E-state index contributed by atoms with van der Waals surface area (Å²) in [6.45, 7) is 6.63. The standard InChI is InChI=1S/C64H116O6/c1-4-7-10-13-16-19-22-25-28-29-30-31-32-33-34-35-37-39-42-45-48-51-54-57-63(66)69-60-61(59-68-62(65)56-53-50-47-44-41-38-27-24-21-18-15-12-9-6-3)70-64(67)58-55-52-49-46-43-40-36-26-23-20-17-14-11-8-5-2/h17,20,22,25-26,29-30,36,61H,4-16,18-19,21,23-24,27-28,31-35,37-60H2,1-3H3/b20-17-,25-22-,30-29-,36-26-. The van der Waals surface area contributed by atoms with Crippen molar-refractivity contribution in [2.45, 2.75) is 329 Å². The van der Waals surface area contributed by atoms with Crippen molar-refractivity contribution in [3.05, 3.63) is 48.6 Å². The Labute approximate surface area is 435 Å². The van der Waals surface area contributed by atoms with Gasteiger partial charge in [-0.25, -0.2) is 0 Å². The van der Waals surface area contributed by atoms with Crippen LogP contribution in [0.25, 0.3) is 0 Å². The molecule has 70 heavy (non-hydrogen) atoms. The lowest BCUT2D eigenvalue weighted by Gasteiger charge is -2.18. The van der Waals surface area contributed by atoms with E-state index in [1.165, 1.54) is 193 Å². The topological polar surface area (TPSA) is 78.9 Å². The molecule has 0 spiro atoms. The number of hydrogen-bond acceptors (Lipinski definition) is 6. The number of carbonyl (C=O) groups is 3. The molecule has 408 valence electrons. The van der Waals surface area contributed by atoms with Gasteiger partial charge in [0.25, 0.3) is 0 Å². The van der Waals surface area contributed by atoms with Gasteiger partial charge in [0.1, 0.15) is 13.2 Å². The summed E-state index contributed by atoms with van der Waals surface area (Å²) in [6, 6.07) is 0. The quantitative estimate of drug-likeness (QED) is 0.0261. The molecule has 0 aliphatic rings. The van der Waals surface area contributed by atoms with E-state index in [0.29, 0.717) is 19.3 Å². The van der Waals surface area contributed by atoms with Crippen molar-refractivity contribution in [1.29, 1.82) is 0 Å². The first-order chi connectivity index (χ1) is 34.5. The highest BCUT2D eigenvalue weighted by atomic mass is 16.6. The zero-order valence-corrected chi connectivity index (χ0v) is 46.8. The Morgan fingerprint density at radius 2 is 0.514 bits per heavy atom. The maximum atomic E-state index is 12.9. The highest BCUT2D eigenvalue weighted by Crippen LogP contribution is 2.16. The van der Waals surface area contributed by atoms with Gasteiger partial charge in [0, 0.05) is 19.3 Å². The number of unbranched alkanes of at least 4 members (excludes halogenated alkanes) is 37. The average molecular weight is 982 g/mol. The number of carbonyl (C=O) groups excluding carboxylic acids is 3. The van der Waals surface area contributed by atoms with Crippen LogP contribution < -0.4 is 0 Å². The monoisotopic (exact) mass is 981 g/mol. The summed E-state index contributed by atoms with van der Waals surface area (Å²) < 4.78 is 16.9. The second-order valence-corrected chi connectivity index (χ2v) is 20.6. The zero-order valence-electron chi connectivity index (χ0n) is 46.8. The molecule has 6 heteroatoms. The van der Waals surface area contributed by atoms with Crippen molar-refractivity contribution < 1.29 is 28.6 Å². The molecule has 0 aromatic carbocycles. The molecule has 0 aromatic rings. The molecule has 0 saturated heterocycles. The molecular weight excluding hydrogens is 865 g/mol.